The molecule has 2 heterocycles. The standard InChI is InChI=1S/C13H15N3O3/c1-8-2-3-10(14)9(6-8)13-15-12(16-19-13)11-7-17-4-5-18-11/h2-3,6,11H,4-5,7,14H2,1H3. The van der Waals surface area contributed by atoms with Crippen LogP contribution in [0.15, 0.2) is 22.7 Å². The fourth-order valence-corrected chi connectivity index (χ4v) is 1.97. The van der Waals surface area contributed by atoms with Gasteiger partial charge in [-0.05, 0) is 19.1 Å². The summed E-state index contributed by atoms with van der Waals surface area (Å²) in [6.07, 6.45) is -0.266. The Morgan fingerprint density at radius 2 is 2.21 bits per heavy atom. The maximum atomic E-state index is 5.93. The number of ether oxygens (including phenoxy) is 2. The molecule has 1 atom stereocenters. The first-order valence-corrected chi connectivity index (χ1v) is 6.13. The van der Waals surface area contributed by atoms with Crippen LogP contribution in [0.4, 0.5) is 5.69 Å². The van der Waals surface area contributed by atoms with Crippen LogP contribution in [0, 0.1) is 6.92 Å². The number of anilines is 1. The van der Waals surface area contributed by atoms with Gasteiger partial charge in [-0.2, -0.15) is 4.98 Å². The topological polar surface area (TPSA) is 83.4 Å². The van der Waals surface area contributed by atoms with E-state index in [1.165, 1.54) is 0 Å². The molecule has 0 bridgehead atoms. The molecule has 0 aliphatic carbocycles. The molecule has 1 fully saturated rings. The van der Waals surface area contributed by atoms with E-state index in [0.717, 1.165) is 11.1 Å². The van der Waals surface area contributed by atoms with Crippen LogP contribution in [0.25, 0.3) is 11.5 Å². The zero-order chi connectivity index (χ0) is 13.2. The van der Waals surface area contributed by atoms with Gasteiger partial charge >= 0.3 is 0 Å². The molecule has 1 aromatic heterocycles. The third-order valence-electron chi connectivity index (χ3n) is 2.98. The van der Waals surface area contributed by atoms with Gasteiger partial charge in [-0.1, -0.05) is 16.8 Å². The zero-order valence-electron chi connectivity index (χ0n) is 10.6. The number of benzene rings is 1. The van der Waals surface area contributed by atoms with Crippen molar-refractivity contribution in [3.8, 4) is 11.5 Å². The van der Waals surface area contributed by atoms with Gasteiger partial charge in [0.05, 0.1) is 25.4 Å². The van der Waals surface area contributed by atoms with Crippen LogP contribution in [0.1, 0.15) is 17.5 Å². The first-order valence-electron chi connectivity index (χ1n) is 6.13. The third kappa shape index (κ3) is 2.45. The van der Waals surface area contributed by atoms with Crippen LogP contribution < -0.4 is 5.73 Å². The number of rotatable bonds is 2. The molecule has 19 heavy (non-hydrogen) atoms. The average Bonchev–Trinajstić information content (AvgIpc) is 2.92. The maximum Gasteiger partial charge on any atom is 0.260 e. The molecule has 6 heteroatoms. The van der Waals surface area contributed by atoms with Crippen molar-refractivity contribution >= 4 is 5.69 Å². The van der Waals surface area contributed by atoms with E-state index in [1.807, 2.05) is 25.1 Å². The minimum atomic E-state index is -0.266. The van der Waals surface area contributed by atoms with Crippen molar-refractivity contribution < 1.29 is 14.0 Å². The predicted octanol–water partition coefficient (Wildman–Crippen LogP) is 1.72. The average molecular weight is 261 g/mol. The fourth-order valence-electron chi connectivity index (χ4n) is 1.97. The van der Waals surface area contributed by atoms with Gasteiger partial charge in [0.15, 0.2) is 0 Å². The van der Waals surface area contributed by atoms with Crippen LogP contribution >= 0.6 is 0 Å². The molecule has 0 spiro atoms. The summed E-state index contributed by atoms with van der Waals surface area (Å²) in [5.41, 5.74) is 8.37. The second-order valence-electron chi connectivity index (χ2n) is 4.48. The third-order valence-corrected chi connectivity index (χ3v) is 2.98. The first-order chi connectivity index (χ1) is 9.24. The Hall–Kier alpha value is -1.92. The molecule has 2 aromatic rings. The molecule has 2 N–H and O–H groups in total. The summed E-state index contributed by atoms with van der Waals surface area (Å²) in [5, 5.41) is 3.94. The highest BCUT2D eigenvalue weighted by Gasteiger charge is 2.23. The van der Waals surface area contributed by atoms with E-state index in [1.54, 1.807) is 0 Å². The molecule has 1 aromatic carbocycles. The second-order valence-corrected chi connectivity index (χ2v) is 4.48. The number of aryl methyl sites for hydroxylation is 1. The van der Waals surface area contributed by atoms with Gasteiger partial charge in [-0.25, -0.2) is 0 Å². The molecule has 1 unspecified atom stereocenters. The number of nitrogens with zero attached hydrogens (tertiary/aromatic N) is 2. The highest BCUT2D eigenvalue weighted by Crippen LogP contribution is 2.27. The Labute approximate surface area is 110 Å². The minimum Gasteiger partial charge on any atom is -0.398 e. The Balaban J connectivity index is 1.89. The van der Waals surface area contributed by atoms with Crippen LogP contribution in [0.3, 0.4) is 0 Å². The van der Waals surface area contributed by atoms with E-state index >= 15 is 0 Å². The van der Waals surface area contributed by atoms with Gasteiger partial charge in [0.2, 0.25) is 5.82 Å². The van der Waals surface area contributed by atoms with Crippen LogP contribution in [-0.4, -0.2) is 30.0 Å². The van der Waals surface area contributed by atoms with Crippen molar-refractivity contribution in [1.82, 2.24) is 10.1 Å². The quantitative estimate of drug-likeness (QED) is 0.829. The Bertz CT molecular complexity index is 576. The van der Waals surface area contributed by atoms with E-state index in [-0.39, 0.29) is 6.10 Å². The summed E-state index contributed by atoms with van der Waals surface area (Å²) < 4.78 is 16.1. The van der Waals surface area contributed by atoms with E-state index in [0.29, 0.717) is 37.2 Å². The molecular formula is C13H15N3O3. The summed E-state index contributed by atoms with van der Waals surface area (Å²) in [7, 11) is 0. The fraction of sp³-hybridized carbons (Fsp3) is 0.385. The number of nitrogen functional groups attached to an aromatic ring is 1. The van der Waals surface area contributed by atoms with Gasteiger partial charge in [0.1, 0.15) is 6.10 Å². The largest absolute Gasteiger partial charge is 0.398 e. The second kappa shape index (κ2) is 4.99. The molecule has 0 radical (unpaired) electrons. The molecule has 3 rings (SSSR count). The van der Waals surface area contributed by atoms with Gasteiger partial charge < -0.3 is 19.7 Å². The number of nitrogens with two attached hydrogens (primary N) is 1. The monoisotopic (exact) mass is 261 g/mol. The van der Waals surface area contributed by atoms with Gasteiger partial charge in [0.25, 0.3) is 5.89 Å². The molecule has 6 nitrogen and oxygen atoms in total. The van der Waals surface area contributed by atoms with Crippen molar-refractivity contribution in [2.75, 3.05) is 25.6 Å². The van der Waals surface area contributed by atoms with Gasteiger partial charge in [0, 0.05) is 5.69 Å². The Morgan fingerprint density at radius 1 is 1.32 bits per heavy atom. The SMILES string of the molecule is Cc1ccc(N)c(-c2nc(C3COCCO3)no2)c1. The van der Waals surface area contributed by atoms with Crippen LogP contribution in [0.2, 0.25) is 0 Å². The first kappa shape index (κ1) is 12.1. The smallest absolute Gasteiger partial charge is 0.260 e. The number of hydrogen-bond acceptors (Lipinski definition) is 6. The summed E-state index contributed by atoms with van der Waals surface area (Å²) in [6, 6.07) is 5.69. The van der Waals surface area contributed by atoms with Crippen LogP contribution in [0.5, 0.6) is 0 Å². The van der Waals surface area contributed by atoms with Crippen molar-refractivity contribution in [3.05, 3.63) is 29.6 Å². The molecule has 0 amide bonds. The zero-order valence-corrected chi connectivity index (χ0v) is 10.6. The van der Waals surface area contributed by atoms with E-state index in [4.69, 9.17) is 19.7 Å². The lowest BCUT2D eigenvalue weighted by Crippen LogP contribution is -2.22. The summed E-state index contributed by atoms with van der Waals surface area (Å²) in [5.74, 6) is 0.904. The van der Waals surface area contributed by atoms with E-state index < -0.39 is 0 Å². The van der Waals surface area contributed by atoms with Crippen molar-refractivity contribution in [2.24, 2.45) is 0 Å². The highest BCUT2D eigenvalue weighted by molar-refractivity contribution is 5.70. The minimum absolute atomic E-state index is 0.266. The lowest BCUT2D eigenvalue weighted by Gasteiger charge is -2.19. The Kier molecular flexibility index (Phi) is 3.18. The summed E-state index contributed by atoms with van der Waals surface area (Å²) in [6.45, 7) is 3.58. The number of aromatic nitrogens is 2. The van der Waals surface area contributed by atoms with E-state index in [2.05, 4.69) is 10.1 Å². The molecule has 0 saturated carbocycles. The molecule has 1 saturated heterocycles. The molecular weight excluding hydrogens is 246 g/mol. The molecule has 100 valence electrons. The summed E-state index contributed by atoms with van der Waals surface area (Å²) in [4.78, 5) is 4.34. The van der Waals surface area contributed by atoms with Crippen molar-refractivity contribution in [3.63, 3.8) is 0 Å². The van der Waals surface area contributed by atoms with Crippen LogP contribution in [-0.2, 0) is 9.47 Å². The lowest BCUT2D eigenvalue weighted by molar-refractivity contribution is -0.0941. The van der Waals surface area contributed by atoms with E-state index in [9.17, 15) is 0 Å². The predicted molar refractivity (Wildman–Crippen MR) is 68.4 cm³/mol. The lowest BCUT2D eigenvalue weighted by atomic mass is 10.1. The van der Waals surface area contributed by atoms with Gasteiger partial charge in [-0.15, -0.1) is 0 Å². The number of hydrogen-bond donors (Lipinski definition) is 1. The summed E-state index contributed by atoms with van der Waals surface area (Å²) >= 11 is 0. The molecule has 1 aliphatic heterocycles. The Morgan fingerprint density at radius 3 is 3.00 bits per heavy atom. The highest BCUT2D eigenvalue weighted by atomic mass is 16.6. The van der Waals surface area contributed by atoms with Gasteiger partial charge in [-0.3, -0.25) is 0 Å². The maximum absolute atomic E-state index is 5.93. The van der Waals surface area contributed by atoms with Crippen molar-refractivity contribution in [1.29, 1.82) is 0 Å². The molecule has 1 aliphatic rings. The van der Waals surface area contributed by atoms with Crippen molar-refractivity contribution in [2.45, 2.75) is 13.0 Å². The normalized spacial score (nSPS) is 19.5.